The summed E-state index contributed by atoms with van der Waals surface area (Å²) < 4.78 is 0. The first-order valence-corrected chi connectivity index (χ1v) is 14.7. The highest BCUT2D eigenvalue weighted by molar-refractivity contribution is 9.10. The van der Waals surface area contributed by atoms with Crippen molar-refractivity contribution in [3.05, 3.63) is 36.5 Å². The van der Waals surface area contributed by atoms with Crippen molar-refractivity contribution < 1.29 is 15.3 Å². The van der Waals surface area contributed by atoms with Gasteiger partial charge >= 0.3 is 0 Å². The first-order valence-electron chi connectivity index (χ1n) is 12.0. The summed E-state index contributed by atoms with van der Waals surface area (Å²) in [6.07, 6.45) is 15.5. The standard InChI is InChI=1S/3C8H12BrNO/c3*9-6-5-10-4-2-1-3-7(10)8(6)11/h3*1-2,6-8,11H,3-5H2/t3*6-,7-,8+/m000/s1. The number of aliphatic hydroxyl groups is 3. The molecular formula is C24H36Br3N3O3. The third-order valence-electron chi connectivity index (χ3n) is 7.58. The van der Waals surface area contributed by atoms with Crippen LogP contribution < -0.4 is 0 Å². The van der Waals surface area contributed by atoms with Gasteiger partial charge in [-0.25, -0.2) is 0 Å². The molecule has 6 aliphatic rings. The van der Waals surface area contributed by atoms with Gasteiger partial charge in [-0.15, -0.1) is 0 Å². The number of nitrogens with zero attached hydrogens (tertiary/aromatic N) is 3. The second kappa shape index (κ2) is 12.1. The van der Waals surface area contributed by atoms with E-state index in [0.29, 0.717) is 18.1 Å². The Labute approximate surface area is 222 Å². The number of fused-ring (bicyclic) bond motifs is 3. The molecule has 0 aromatic carbocycles. The molecule has 0 bridgehead atoms. The minimum atomic E-state index is -0.181. The van der Waals surface area contributed by atoms with Crippen LogP contribution in [0.2, 0.25) is 0 Å². The molecule has 0 amide bonds. The number of hydrogen-bond donors (Lipinski definition) is 3. The summed E-state index contributed by atoms with van der Waals surface area (Å²) in [5, 5.41) is 29.0. The van der Waals surface area contributed by atoms with Crippen LogP contribution in [-0.2, 0) is 0 Å². The van der Waals surface area contributed by atoms with Crippen LogP contribution in [0.4, 0.5) is 0 Å². The van der Waals surface area contributed by atoms with E-state index in [1.54, 1.807) is 0 Å². The van der Waals surface area contributed by atoms with Gasteiger partial charge in [-0.3, -0.25) is 14.7 Å². The van der Waals surface area contributed by atoms with Crippen LogP contribution in [0.5, 0.6) is 0 Å². The first kappa shape index (κ1) is 26.5. The monoisotopic (exact) mass is 651 g/mol. The highest BCUT2D eigenvalue weighted by Gasteiger charge is 2.40. The minimum Gasteiger partial charge on any atom is -0.390 e. The van der Waals surface area contributed by atoms with E-state index in [2.05, 4.69) is 98.9 Å². The van der Waals surface area contributed by atoms with Gasteiger partial charge in [0.25, 0.3) is 0 Å². The molecule has 0 aromatic rings. The fourth-order valence-electron chi connectivity index (χ4n) is 5.61. The van der Waals surface area contributed by atoms with Crippen LogP contribution in [0.25, 0.3) is 0 Å². The molecule has 0 saturated carbocycles. The third-order valence-corrected chi connectivity index (χ3v) is 10.1. The molecule has 33 heavy (non-hydrogen) atoms. The van der Waals surface area contributed by atoms with Gasteiger partial charge in [-0.2, -0.15) is 0 Å². The first-order chi connectivity index (χ1) is 15.9. The zero-order chi connectivity index (χ0) is 23.5. The SMILES string of the molecule is O[C@@H]1[C@@H](Br)CN2CC=CC[C@@H]12.O[C@@H]1[C@@H](Br)CN2CC=CC[C@@H]12.O[C@@H]1[C@@H](Br)CN2CC=CC[C@@H]12. The Morgan fingerprint density at radius 2 is 0.758 bits per heavy atom. The van der Waals surface area contributed by atoms with Crippen molar-refractivity contribution in [3.63, 3.8) is 0 Å². The molecule has 0 aromatic heterocycles. The van der Waals surface area contributed by atoms with Crippen LogP contribution in [0.3, 0.4) is 0 Å². The van der Waals surface area contributed by atoms with E-state index >= 15 is 0 Å². The fourth-order valence-corrected chi connectivity index (χ4v) is 7.78. The van der Waals surface area contributed by atoms with Gasteiger partial charge in [0.2, 0.25) is 0 Å². The van der Waals surface area contributed by atoms with E-state index in [1.807, 2.05) is 0 Å². The van der Waals surface area contributed by atoms with E-state index in [0.717, 1.165) is 58.5 Å². The normalized spacial score (nSPS) is 44.4. The summed E-state index contributed by atoms with van der Waals surface area (Å²) in [4.78, 5) is 7.78. The summed E-state index contributed by atoms with van der Waals surface area (Å²) in [6, 6.07) is 1.10. The maximum atomic E-state index is 9.67. The predicted octanol–water partition coefficient (Wildman–Crippen LogP) is 2.26. The van der Waals surface area contributed by atoms with Crippen molar-refractivity contribution >= 4 is 47.8 Å². The Bertz CT molecular complexity index is 644. The van der Waals surface area contributed by atoms with Gasteiger partial charge in [-0.1, -0.05) is 84.2 Å². The number of alkyl halides is 3. The van der Waals surface area contributed by atoms with Crippen molar-refractivity contribution in [1.82, 2.24) is 14.7 Å². The largest absolute Gasteiger partial charge is 0.390 e. The van der Waals surface area contributed by atoms with Crippen molar-refractivity contribution in [2.75, 3.05) is 39.3 Å². The van der Waals surface area contributed by atoms with E-state index in [-0.39, 0.29) is 32.8 Å². The molecule has 6 nitrogen and oxygen atoms in total. The Hall–Kier alpha value is 0.420. The summed E-state index contributed by atoms with van der Waals surface area (Å²) in [5.41, 5.74) is 0. The highest BCUT2D eigenvalue weighted by atomic mass is 79.9. The lowest BCUT2D eigenvalue weighted by molar-refractivity contribution is 0.121. The van der Waals surface area contributed by atoms with Crippen LogP contribution in [0, 0.1) is 0 Å². The predicted molar refractivity (Wildman–Crippen MR) is 144 cm³/mol. The van der Waals surface area contributed by atoms with Gasteiger partial charge < -0.3 is 15.3 Å². The third kappa shape index (κ3) is 6.23. The molecule has 3 fully saturated rings. The van der Waals surface area contributed by atoms with E-state index in [4.69, 9.17) is 0 Å². The van der Waals surface area contributed by atoms with Gasteiger partial charge in [-0.05, 0) is 19.3 Å². The molecule has 186 valence electrons. The van der Waals surface area contributed by atoms with Crippen molar-refractivity contribution in [3.8, 4) is 0 Å². The van der Waals surface area contributed by atoms with Crippen molar-refractivity contribution in [2.45, 2.75) is 70.2 Å². The summed E-state index contributed by atoms with van der Waals surface area (Å²) in [5.74, 6) is 0. The molecule has 0 radical (unpaired) electrons. The molecule has 6 heterocycles. The summed E-state index contributed by atoms with van der Waals surface area (Å²) >= 11 is 10.4. The fraction of sp³-hybridized carbons (Fsp3) is 0.750. The van der Waals surface area contributed by atoms with Gasteiger partial charge in [0.15, 0.2) is 0 Å². The Morgan fingerprint density at radius 1 is 0.485 bits per heavy atom. The van der Waals surface area contributed by atoms with Gasteiger partial charge in [0.1, 0.15) is 0 Å². The average molecular weight is 654 g/mol. The molecular weight excluding hydrogens is 618 g/mol. The van der Waals surface area contributed by atoms with Gasteiger partial charge in [0.05, 0.1) is 32.8 Å². The number of halogens is 3. The molecule has 0 unspecified atom stereocenters. The Balaban J connectivity index is 0.000000118. The molecule has 6 aliphatic heterocycles. The molecule has 0 spiro atoms. The maximum absolute atomic E-state index is 9.67. The molecule has 0 aliphatic carbocycles. The van der Waals surface area contributed by atoms with Crippen molar-refractivity contribution in [1.29, 1.82) is 0 Å². The maximum Gasteiger partial charge on any atom is 0.0835 e. The zero-order valence-electron chi connectivity index (χ0n) is 18.8. The zero-order valence-corrected chi connectivity index (χ0v) is 23.6. The number of aliphatic hydroxyl groups excluding tert-OH is 3. The molecule has 3 saturated heterocycles. The van der Waals surface area contributed by atoms with Crippen LogP contribution in [0.1, 0.15) is 19.3 Å². The van der Waals surface area contributed by atoms with Gasteiger partial charge in [0, 0.05) is 57.4 Å². The summed E-state index contributed by atoms with van der Waals surface area (Å²) in [6.45, 7) is 5.96. The highest BCUT2D eigenvalue weighted by Crippen LogP contribution is 2.30. The lowest BCUT2D eigenvalue weighted by Gasteiger charge is -2.26. The quantitative estimate of drug-likeness (QED) is 0.276. The van der Waals surface area contributed by atoms with E-state index in [1.165, 1.54) is 0 Å². The van der Waals surface area contributed by atoms with Crippen LogP contribution in [-0.4, -0.2) is 120 Å². The minimum absolute atomic E-state index is 0.181. The van der Waals surface area contributed by atoms with Crippen molar-refractivity contribution in [2.24, 2.45) is 0 Å². The lowest BCUT2D eigenvalue weighted by Crippen LogP contribution is -2.37. The molecule has 3 N–H and O–H groups in total. The molecule has 9 atom stereocenters. The van der Waals surface area contributed by atoms with E-state index < -0.39 is 0 Å². The topological polar surface area (TPSA) is 70.4 Å². The Morgan fingerprint density at radius 3 is 1.00 bits per heavy atom. The smallest absolute Gasteiger partial charge is 0.0835 e. The van der Waals surface area contributed by atoms with Crippen LogP contribution >= 0.6 is 47.8 Å². The average Bonchev–Trinajstić information content (AvgIpc) is 3.40. The number of rotatable bonds is 0. The Kier molecular flexibility index (Phi) is 9.71. The second-order valence-corrected chi connectivity index (χ2v) is 13.2. The van der Waals surface area contributed by atoms with E-state index in [9.17, 15) is 15.3 Å². The summed E-state index contributed by atoms with van der Waals surface area (Å²) in [7, 11) is 0. The lowest BCUT2D eigenvalue weighted by atomic mass is 10.1. The van der Waals surface area contributed by atoms with Crippen LogP contribution in [0.15, 0.2) is 36.5 Å². The molecule has 6 rings (SSSR count). The second-order valence-electron chi connectivity index (χ2n) is 9.70. The number of hydrogen-bond acceptors (Lipinski definition) is 6. The molecule has 9 heteroatoms.